The Morgan fingerprint density at radius 3 is 2.71 bits per heavy atom. The molecule has 0 spiro atoms. The molecule has 21 heavy (non-hydrogen) atoms. The standard InChI is InChI=1S/C15H18Cl2N2O2/c16-12-2-1-10(9-13(12)17)11-3-4-18-14(11)15(20)19-5-7-21-8-6-19/h1-2,9,11,14,18H,3-8H2/t11-,14+/m1/s1. The first-order valence-corrected chi connectivity index (χ1v) is 7.97. The van der Waals surface area contributed by atoms with E-state index >= 15 is 0 Å². The Labute approximate surface area is 134 Å². The van der Waals surface area contributed by atoms with Crippen LogP contribution in [-0.4, -0.2) is 49.7 Å². The number of benzene rings is 1. The highest BCUT2D eigenvalue weighted by molar-refractivity contribution is 6.42. The van der Waals surface area contributed by atoms with Crippen LogP contribution in [0, 0.1) is 0 Å². The van der Waals surface area contributed by atoms with Crippen LogP contribution in [0.3, 0.4) is 0 Å². The zero-order valence-electron chi connectivity index (χ0n) is 11.6. The molecule has 1 aromatic carbocycles. The van der Waals surface area contributed by atoms with Crippen LogP contribution in [0.5, 0.6) is 0 Å². The van der Waals surface area contributed by atoms with Crippen LogP contribution in [0.25, 0.3) is 0 Å². The number of amides is 1. The molecule has 0 radical (unpaired) electrons. The zero-order chi connectivity index (χ0) is 14.8. The van der Waals surface area contributed by atoms with Crippen LogP contribution in [0.2, 0.25) is 10.0 Å². The van der Waals surface area contributed by atoms with E-state index in [1.165, 1.54) is 0 Å². The molecule has 114 valence electrons. The van der Waals surface area contributed by atoms with Gasteiger partial charge in [-0.05, 0) is 30.7 Å². The van der Waals surface area contributed by atoms with Gasteiger partial charge >= 0.3 is 0 Å². The Morgan fingerprint density at radius 1 is 1.24 bits per heavy atom. The Morgan fingerprint density at radius 2 is 2.00 bits per heavy atom. The van der Waals surface area contributed by atoms with E-state index in [-0.39, 0.29) is 17.9 Å². The molecule has 2 atom stereocenters. The minimum atomic E-state index is -0.180. The lowest BCUT2D eigenvalue weighted by Crippen LogP contribution is -2.49. The summed E-state index contributed by atoms with van der Waals surface area (Å²) in [5.74, 6) is 0.307. The van der Waals surface area contributed by atoms with Gasteiger partial charge in [-0.15, -0.1) is 0 Å². The molecular weight excluding hydrogens is 311 g/mol. The predicted octanol–water partition coefficient (Wildman–Crippen LogP) is 2.30. The van der Waals surface area contributed by atoms with E-state index < -0.39 is 0 Å². The van der Waals surface area contributed by atoms with Crippen LogP contribution < -0.4 is 5.32 Å². The number of nitrogens with one attached hydrogen (secondary N) is 1. The lowest BCUT2D eigenvalue weighted by Gasteiger charge is -2.31. The number of hydrogen-bond acceptors (Lipinski definition) is 3. The smallest absolute Gasteiger partial charge is 0.240 e. The van der Waals surface area contributed by atoms with E-state index in [1.54, 1.807) is 6.07 Å². The molecule has 1 N–H and O–H groups in total. The van der Waals surface area contributed by atoms with Gasteiger partial charge in [-0.2, -0.15) is 0 Å². The molecule has 2 aliphatic heterocycles. The van der Waals surface area contributed by atoms with Crippen molar-refractivity contribution >= 4 is 29.1 Å². The fourth-order valence-electron chi connectivity index (χ4n) is 3.05. The van der Waals surface area contributed by atoms with Crippen LogP contribution >= 0.6 is 23.2 Å². The summed E-state index contributed by atoms with van der Waals surface area (Å²) in [5, 5.41) is 4.41. The van der Waals surface area contributed by atoms with Gasteiger partial charge in [0.15, 0.2) is 0 Å². The maximum Gasteiger partial charge on any atom is 0.240 e. The molecule has 2 aliphatic rings. The third kappa shape index (κ3) is 3.19. The number of hydrogen-bond donors (Lipinski definition) is 1. The van der Waals surface area contributed by atoms with E-state index in [9.17, 15) is 4.79 Å². The topological polar surface area (TPSA) is 41.6 Å². The second kappa shape index (κ2) is 6.53. The maximum absolute atomic E-state index is 12.7. The Hall–Kier alpha value is -0.810. The van der Waals surface area contributed by atoms with Gasteiger partial charge in [0.05, 0.1) is 29.3 Å². The third-order valence-electron chi connectivity index (χ3n) is 4.18. The van der Waals surface area contributed by atoms with Crippen LogP contribution in [0.1, 0.15) is 17.9 Å². The summed E-state index contributed by atoms with van der Waals surface area (Å²) >= 11 is 12.1. The van der Waals surface area contributed by atoms with Gasteiger partial charge in [0.1, 0.15) is 0 Å². The van der Waals surface area contributed by atoms with Crippen LogP contribution in [0.4, 0.5) is 0 Å². The monoisotopic (exact) mass is 328 g/mol. The summed E-state index contributed by atoms with van der Waals surface area (Å²) in [7, 11) is 0. The molecule has 2 fully saturated rings. The summed E-state index contributed by atoms with van der Waals surface area (Å²) < 4.78 is 5.31. The van der Waals surface area contributed by atoms with Gasteiger partial charge in [-0.3, -0.25) is 4.79 Å². The molecule has 0 unspecified atom stereocenters. The van der Waals surface area contributed by atoms with E-state index in [4.69, 9.17) is 27.9 Å². The molecule has 0 saturated carbocycles. The number of halogens is 2. The van der Waals surface area contributed by atoms with Crippen molar-refractivity contribution in [3.05, 3.63) is 33.8 Å². The highest BCUT2D eigenvalue weighted by Crippen LogP contribution is 2.33. The number of carbonyl (C=O) groups is 1. The van der Waals surface area contributed by atoms with Crippen molar-refractivity contribution in [2.24, 2.45) is 0 Å². The summed E-state index contributed by atoms with van der Waals surface area (Å²) in [5.41, 5.74) is 1.07. The summed E-state index contributed by atoms with van der Waals surface area (Å²) in [6.45, 7) is 3.42. The summed E-state index contributed by atoms with van der Waals surface area (Å²) in [6, 6.07) is 5.46. The normalized spacial score (nSPS) is 26.1. The largest absolute Gasteiger partial charge is 0.378 e. The van der Waals surface area contributed by atoms with Crippen molar-refractivity contribution in [3.63, 3.8) is 0 Å². The lowest BCUT2D eigenvalue weighted by molar-refractivity contribution is -0.137. The quantitative estimate of drug-likeness (QED) is 0.905. The van der Waals surface area contributed by atoms with Gasteiger partial charge in [0.2, 0.25) is 5.91 Å². The first-order chi connectivity index (χ1) is 10.2. The maximum atomic E-state index is 12.7. The van der Waals surface area contributed by atoms with Crippen molar-refractivity contribution in [1.82, 2.24) is 10.2 Å². The molecule has 1 amide bonds. The average molecular weight is 329 g/mol. The van der Waals surface area contributed by atoms with Gasteiger partial charge in [0.25, 0.3) is 0 Å². The van der Waals surface area contributed by atoms with Gasteiger partial charge in [-0.1, -0.05) is 29.3 Å². The highest BCUT2D eigenvalue weighted by Gasteiger charge is 2.36. The predicted molar refractivity (Wildman–Crippen MR) is 83.0 cm³/mol. The number of ether oxygens (including phenoxy) is 1. The van der Waals surface area contributed by atoms with Crippen molar-refractivity contribution in [1.29, 1.82) is 0 Å². The number of rotatable bonds is 2. The third-order valence-corrected chi connectivity index (χ3v) is 4.92. The molecule has 0 aromatic heterocycles. The van der Waals surface area contributed by atoms with Crippen LogP contribution in [0.15, 0.2) is 18.2 Å². The zero-order valence-corrected chi connectivity index (χ0v) is 13.2. The fraction of sp³-hybridized carbons (Fsp3) is 0.533. The first kappa shape index (κ1) is 15.1. The summed E-state index contributed by atoms with van der Waals surface area (Å²) in [4.78, 5) is 14.6. The van der Waals surface area contributed by atoms with Crippen LogP contribution in [-0.2, 0) is 9.53 Å². The molecule has 2 saturated heterocycles. The molecule has 3 rings (SSSR count). The molecule has 1 aromatic rings. The van der Waals surface area contributed by atoms with Crippen molar-refractivity contribution in [2.75, 3.05) is 32.8 Å². The van der Waals surface area contributed by atoms with Gasteiger partial charge in [-0.25, -0.2) is 0 Å². The number of morpholine rings is 1. The molecule has 2 heterocycles. The molecular formula is C15H18Cl2N2O2. The number of nitrogens with zero attached hydrogens (tertiary/aromatic N) is 1. The van der Waals surface area contributed by atoms with E-state index in [0.717, 1.165) is 18.5 Å². The molecule has 0 bridgehead atoms. The number of carbonyl (C=O) groups excluding carboxylic acids is 1. The van der Waals surface area contributed by atoms with Crippen molar-refractivity contribution in [3.8, 4) is 0 Å². The minimum Gasteiger partial charge on any atom is -0.378 e. The molecule has 4 nitrogen and oxygen atoms in total. The second-order valence-electron chi connectivity index (χ2n) is 5.44. The Bertz CT molecular complexity index is 532. The molecule has 6 heteroatoms. The highest BCUT2D eigenvalue weighted by atomic mass is 35.5. The second-order valence-corrected chi connectivity index (χ2v) is 6.25. The van der Waals surface area contributed by atoms with Gasteiger partial charge in [0, 0.05) is 19.0 Å². The Balaban J connectivity index is 1.78. The lowest BCUT2D eigenvalue weighted by atomic mass is 9.91. The SMILES string of the molecule is O=C([C@H]1NCC[C@@H]1c1ccc(Cl)c(Cl)c1)N1CCOCC1. The van der Waals surface area contributed by atoms with E-state index in [1.807, 2.05) is 17.0 Å². The van der Waals surface area contributed by atoms with Crippen molar-refractivity contribution in [2.45, 2.75) is 18.4 Å². The average Bonchev–Trinajstić information content (AvgIpc) is 2.99. The van der Waals surface area contributed by atoms with Gasteiger partial charge < -0.3 is 15.0 Å². The van der Waals surface area contributed by atoms with E-state index in [2.05, 4.69) is 5.32 Å². The molecule has 0 aliphatic carbocycles. The first-order valence-electron chi connectivity index (χ1n) is 7.21. The minimum absolute atomic E-state index is 0.148. The summed E-state index contributed by atoms with van der Waals surface area (Å²) in [6.07, 6.45) is 0.929. The fourth-order valence-corrected chi connectivity index (χ4v) is 3.35. The van der Waals surface area contributed by atoms with Crippen molar-refractivity contribution < 1.29 is 9.53 Å². The van der Waals surface area contributed by atoms with E-state index in [0.29, 0.717) is 36.3 Å². The Kier molecular flexibility index (Phi) is 4.69.